The van der Waals surface area contributed by atoms with Crippen LogP contribution in [-0.2, 0) is 20.6 Å². The van der Waals surface area contributed by atoms with Gasteiger partial charge in [0, 0.05) is 23.4 Å². The van der Waals surface area contributed by atoms with Crippen LogP contribution >= 0.6 is 11.9 Å². The normalized spacial score (nSPS) is 11.9. The Balaban J connectivity index is 2.99. The number of carbonyl (C=O) groups is 1. The fourth-order valence-electron chi connectivity index (χ4n) is 2.05. The number of hydrogen-bond donors (Lipinski definition) is 3. The summed E-state index contributed by atoms with van der Waals surface area (Å²) >= 11 is 1.34. The number of rotatable bonds is 9. The zero-order valence-corrected chi connectivity index (χ0v) is 16.4. The summed E-state index contributed by atoms with van der Waals surface area (Å²) in [6.45, 7) is 7.52. The molecule has 0 spiro atoms. The molecule has 0 radical (unpaired) electrons. The van der Waals surface area contributed by atoms with Crippen molar-refractivity contribution in [3.8, 4) is 0 Å². The topological polar surface area (TPSA) is 93.8 Å². The van der Waals surface area contributed by atoms with E-state index in [1.807, 2.05) is 19.1 Å². The van der Waals surface area contributed by atoms with Gasteiger partial charge in [-0.05, 0) is 61.1 Å². The summed E-state index contributed by atoms with van der Waals surface area (Å²) in [6.07, 6.45) is 3.75. The Hall–Kier alpha value is -2.16. The fourth-order valence-corrected chi connectivity index (χ4v) is 2.85. The minimum absolute atomic E-state index is 0.131. The average molecular weight is 376 g/mol. The zero-order chi connectivity index (χ0) is 19.7. The molecule has 1 aromatic rings. The van der Waals surface area contributed by atoms with Crippen LogP contribution in [0.1, 0.15) is 19.4 Å². The van der Waals surface area contributed by atoms with E-state index in [0.717, 1.165) is 16.2 Å². The monoisotopic (exact) mass is 376 g/mol. The summed E-state index contributed by atoms with van der Waals surface area (Å²) in [5.74, 6) is -0.337. The lowest BCUT2D eigenvalue weighted by Crippen LogP contribution is -2.20. The predicted octanol–water partition coefficient (Wildman–Crippen LogP) is 2.65. The van der Waals surface area contributed by atoms with Crippen LogP contribution < -0.4 is 10.5 Å². The molecule has 8 heteroatoms. The van der Waals surface area contributed by atoms with Gasteiger partial charge in [-0.25, -0.2) is 0 Å². The van der Waals surface area contributed by atoms with E-state index in [-0.39, 0.29) is 12.4 Å². The predicted molar refractivity (Wildman–Crippen MR) is 107 cm³/mol. The molecule has 0 unspecified atom stereocenters. The van der Waals surface area contributed by atoms with Crippen LogP contribution in [0.2, 0.25) is 0 Å². The average Bonchev–Trinajstić information content (AvgIpc) is 2.62. The number of methoxy groups -OCH3 is 1. The van der Waals surface area contributed by atoms with Crippen molar-refractivity contribution < 1.29 is 19.2 Å². The number of anilines is 1. The van der Waals surface area contributed by atoms with E-state index in [1.54, 1.807) is 25.1 Å². The maximum atomic E-state index is 11.6. The van der Waals surface area contributed by atoms with Gasteiger partial charge >= 0.3 is 13.1 Å². The first kappa shape index (κ1) is 21.9. The van der Waals surface area contributed by atoms with E-state index in [9.17, 15) is 9.82 Å². The SMILES string of the molecule is C=C(C)/C(=C\C(=C/C)NSc1ccc(N)cc1CC(=O)OC)B(O)OC. The molecule has 0 amide bonds. The minimum atomic E-state index is -1.05. The molecule has 1 aromatic carbocycles. The molecular formula is C18H25BN2O4S. The smallest absolute Gasteiger partial charge is 0.469 e. The third-order valence-electron chi connectivity index (χ3n) is 3.53. The van der Waals surface area contributed by atoms with E-state index < -0.39 is 7.12 Å². The highest BCUT2D eigenvalue weighted by molar-refractivity contribution is 7.97. The second kappa shape index (κ2) is 10.8. The van der Waals surface area contributed by atoms with Crippen LogP contribution in [-0.4, -0.2) is 32.3 Å². The van der Waals surface area contributed by atoms with E-state index in [2.05, 4.69) is 11.3 Å². The highest BCUT2D eigenvalue weighted by atomic mass is 32.2. The molecule has 0 aliphatic heterocycles. The minimum Gasteiger partial charge on any atom is -0.469 e. The molecule has 0 saturated heterocycles. The van der Waals surface area contributed by atoms with E-state index in [4.69, 9.17) is 15.1 Å². The van der Waals surface area contributed by atoms with Gasteiger partial charge in [0.2, 0.25) is 0 Å². The Morgan fingerprint density at radius 2 is 2.15 bits per heavy atom. The molecule has 140 valence electrons. The van der Waals surface area contributed by atoms with Crippen LogP contribution in [0.15, 0.2) is 58.6 Å². The molecule has 4 N–H and O–H groups in total. The van der Waals surface area contributed by atoms with Crippen molar-refractivity contribution >= 4 is 30.7 Å². The summed E-state index contributed by atoms with van der Waals surface area (Å²) in [7, 11) is 1.72. The lowest BCUT2D eigenvalue weighted by molar-refractivity contribution is -0.139. The molecular weight excluding hydrogens is 351 g/mol. The van der Waals surface area contributed by atoms with Crippen molar-refractivity contribution in [2.45, 2.75) is 25.2 Å². The van der Waals surface area contributed by atoms with Gasteiger partial charge in [-0.15, -0.1) is 0 Å². The number of ether oxygens (including phenoxy) is 1. The van der Waals surface area contributed by atoms with Crippen molar-refractivity contribution in [3.63, 3.8) is 0 Å². The summed E-state index contributed by atoms with van der Waals surface area (Å²) < 4.78 is 12.9. The van der Waals surface area contributed by atoms with Gasteiger partial charge in [0.15, 0.2) is 0 Å². The summed E-state index contributed by atoms with van der Waals surface area (Å²) in [5, 5.41) is 9.94. The maximum Gasteiger partial charge on any atom is 0.491 e. The Morgan fingerprint density at radius 3 is 2.69 bits per heavy atom. The first-order valence-electron chi connectivity index (χ1n) is 7.95. The fraction of sp³-hybridized carbons (Fsp3) is 0.278. The molecule has 0 aliphatic rings. The molecule has 26 heavy (non-hydrogen) atoms. The molecule has 0 bridgehead atoms. The number of nitrogens with two attached hydrogens (primary N) is 1. The van der Waals surface area contributed by atoms with Crippen LogP contribution in [0, 0.1) is 0 Å². The van der Waals surface area contributed by atoms with Crippen molar-refractivity contribution in [3.05, 3.63) is 59.2 Å². The van der Waals surface area contributed by atoms with Crippen molar-refractivity contribution in [2.75, 3.05) is 20.0 Å². The summed E-state index contributed by atoms with van der Waals surface area (Å²) in [5.41, 5.74) is 9.19. The molecule has 0 heterocycles. The Kier molecular flexibility index (Phi) is 9.05. The third kappa shape index (κ3) is 6.63. The first-order chi connectivity index (χ1) is 12.3. The number of carbonyl (C=O) groups excluding carboxylic acids is 1. The Labute approximate surface area is 159 Å². The number of hydrogen-bond acceptors (Lipinski definition) is 7. The quantitative estimate of drug-likeness (QED) is 0.201. The maximum absolute atomic E-state index is 11.6. The highest BCUT2D eigenvalue weighted by Crippen LogP contribution is 2.25. The van der Waals surface area contributed by atoms with E-state index in [1.165, 1.54) is 26.2 Å². The van der Waals surface area contributed by atoms with Gasteiger partial charge < -0.3 is 24.9 Å². The van der Waals surface area contributed by atoms with Gasteiger partial charge in [0.1, 0.15) is 0 Å². The summed E-state index contributed by atoms with van der Waals surface area (Å²) in [6, 6.07) is 5.36. The standard InChI is InChI=1S/C18H25BN2O4S/c1-6-15(11-16(12(2)3)19(23)25-5)21-26-17-8-7-14(20)9-13(17)10-18(22)24-4/h6-9,11,21,23H,2,10,20H2,1,3-5H3/b15-6+,16-11+. The third-order valence-corrected chi connectivity index (χ3v) is 4.49. The van der Waals surface area contributed by atoms with Crippen LogP contribution in [0.4, 0.5) is 5.69 Å². The van der Waals surface area contributed by atoms with Crippen molar-refractivity contribution in [1.82, 2.24) is 4.72 Å². The number of benzene rings is 1. The molecule has 0 fully saturated rings. The van der Waals surface area contributed by atoms with Crippen LogP contribution in [0.25, 0.3) is 0 Å². The lowest BCUT2D eigenvalue weighted by atomic mass is 9.74. The molecule has 1 rings (SSSR count). The molecule has 0 atom stereocenters. The van der Waals surface area contributed by atoms with Crippen LogP contribution in [0.3, 0.4) is 0 Å². The number of nitrogen functional groups attached to an aromatic ring is 1. The first-order valence-corrected chi connectivity index (χ1v) is 8.76. The van der Waals surface area contributed by atoms with Gasteiger partial charge in [0.25, 0.3) is 0 Å². The van der Waals surface area contributed by atoms with E-state index >= 15 is 0 Å². The second-order valence-corrected chi connectivity index (χ2v) is 6.38. The number of nitrogens with one attached hydrogen (secondary N) is 1. The van der Waals surface area contributed by atoms with Gasteiger partial charge in [-0.3, -0.25) is 4.79 Å². The highest BCUT2D eigenvalue weighted by Gasteiger charge is 2.19. The largest absolute Gasteiger partial charge is 0.491 e. The zero-order valence-electron chi connectivity index (χ0n) is 15.5. The second-order valence-electron chi connectivity index (χ2n) is 5.54. The van der Waals surface area contributed by atoms with Gasteiger partial charge in [0.05, 0.1) is 13.5 Å². The Morgan fingerprint density at radius 1 is 1.46 bits per heavy atom. The van der Waals surface area contributed by atoms with Crippen LogP contribution in [0.5, 0.6) is 0 Å². The lowest BCUT2D eigenvalue weighted by Gasteiger charge is -2.14. The Bertz CT molecular complexity index is 719. The van der Waals surface area contributed by atoms with E-state index in [0.29, 0.717) is 16.7 Å². The van der Waals surface area contributed by atoms with Crippen molar-refractivity contribution in [2.24, 2.45) is 0 Å². The van der Waals surface area contributed by atoms with Crippen molar-refractivity contribution in [1.29, 1.82) is 0 Å². The molecule has 0 aromatic heterocycles. The molecule has 6 nitrogen and oxygen atoms in total. The number of esters is 1. The molecule has 0 aliphatic carbocycles. The van der Waals surface area contributed by atoms with Gasteiger partial charge in [-0.2, -0.15) is 0 Å². The number of allylic oxidation sites excluding steroid dienone is 4. The molecule has 0 saturated carbocycles. The summed E-state index contributed by atoms with van der Waals surface area (Å²) in [4.78, 5) is 12.5. The van der Waals surface area contributed by atoms with Gasteiger partial charge in [-0.1, -0.05) is 18.2 Å².